The molecule has 2 aromatic rings. The Morgan fingerprint density at radius 3 is 1.74 bits per heavy atom. The molecule has 2 nitrogen and oxygen atoms in total. The molecule has 0 aliphatic heterocycles. The van der Waals surface area contributed by atoms with E-state index in [1.54, 1.807) is 12.1 Å². The fourth-order valence-electron chi connectivity index (χ4n) is 2.19. The Morgan fingerprint density at radius 2 is 1.26 bits per heavy atom. The van der Waals surface area contributed by atoms with Crippen LogP contribution in [0.5, 0.6) is 0 Å². The zero-order valence-corrected chi connectivity index (χ0v) is 13.8. The summed E-state index contributed by atoms with van der Waals surface area (Å²) < 4.78 is 5.33. The van der Waals surface area contributed by atoms with Crippen molar-refractivity contribution in [2.45, 2.75) is 20.3 Å². The number of carbonyl (C=O) groups excluding carboxylic acids is 1. The van der Waals surface area contributed by atoms with E-state index in [4.69, 9.17) is 4.74 Å². The minimum Gasteiger partial charge on any atom is -0.462 e. The van der Waals surface area contributed by atoms with E-state index in [2.05, 4.69) is 13.2 Å². The van der Waals surface area contributed by atoms with Crippen LogP contribution in [0.4, 0.5) is 0 Å². The molecule has 0 atom stereocenters. The van der Waals surface area contributed by atoms with Gasteiger partial charge in [0.15, 0.2) is 0 Å². The smallest absolute Gasteiger partial charge is 0.338 e. The summed E-state index contributed by atoms with van der Waals surface area (Å²) in [6.07, 6.45) is 0.700. The molecule has 0 saturated carbocycles. The Hall–Kier alpha value is -2.61. The molecule has 0 bridgehead atoms. The number of carbonyl (C=O) groups is 1. The number of allylic oxidation sites excluding steroid dienone is 2. The largest absolute Gasteiger partial charge is 0.462 e. The molecule has 0 heterocycles. The number of benzene rings is 2. The molecule has 118 valence electrons. The molecular formula is C21H22O2. The standard InChI is InChI=1S/C21H22O2/c1-15(2)18-7-5-17(6-8-18)13-14-23-21(22)20-11-9-19(10-12-20)16(3)4/h5-12H,1,3,13-14H2,2,4H3. The second-order valence-corrected chi connectivity index (χ2v) is 5.72. The lowest BCUT2D eigenvalue weighted by Crippen LogP contribution is -2.08. The van der Waals surface area contributed by atoms with Crippen LogP contribution >= 0.6 is 0 Å². The molecule has 0 fully saturated rings. The van der Waals surface area contributed by atoms with Crippen molar-refractivity contribution in [3.63, 3.8) is 0 Å². The Morgan fingerprint density at radius 1 is 0.826 bits per heavy atom. The van der Waals surface area contributed by atoms with Crippen LogP contribution in [0.15, 0.2) is 61.7 Å². The Balaban J connectivity index is 1.86. The first-order valence-corrected chi connectivity index (χ1v) is 7.65. The summed E-state index contributed by atoms with van der Waals surface area (Å²) in [7, 11) is 0. The maximum Gasteiger partial charge on any atom is 0.338 e. The Kier molecular flexibility index (Phi) is 5.53. The molecule has 0 unspecified atom stereocenters. The van der Waals surface area contributed by atoms with Gasteiger partial charge in [0, 0.05) is 6.42 Å². The summed E-state index contributed by atoms with van der Waals surface area (Å²) in [5, 5.41) is 0. The molecule has 2 aromatic carbocycles. The third-order valence-electron chi connectivity index (χ3n) is 3.68. The van der Waals surface area contributed by atoms with Crippen molar-refractivity contribution < 1.29 is 9.53 Å². The van der Waals surface area contributed by atoms with Crippen LogP contribution in [0, 0.1) is 0 Å². The first kappa shape index (κ1) is 16.8. The fraction of sp³-hybridized carbons (Fsp3) is 0.190. The van der Waals surface area contributed by atoms with Gasteiger partial charge in [0.1, 0.15) is 0 Å². The second-order valence-electron chi connectivity index (χ2n) is 5.72. The summed E-state index contributed by atoms with van der Waals surface area (Å²) in [6, 6.07) is 15.5. The summed E-state index contributed by atoms with van der Waals surface area (Å²) in [4.78, 5) is 12.0. The lowest BCUT2D eigenvalue weighted by Gasteiger charge is -2.07. The number of rotatable bonds is 6. The van der Waals surface area contributed by atoms with Crippen molar-refractivity contribution in [3.8, 4) is 0 Å². The highest BCUT2D eigenvalue weighted by molar-refractivity contribution is 5.89. The van der Waals surface area contributed by atoms with Gasteiger partial charge in [-0.05, 0) is 42.7 Å². The van der Waals surface area contributed by atoms with Crippen molar-refractivity contribution in [2.75, 3.05) is 6.61 Å². The molecule has 0 aromatic heterocycles. The normalized spacial score (nSPS) is 10.2. The van der Waals surface area contributed by atoms with Crippen molar-refractivity contribution >= 4 is 17.1 Å². The van der Waals surface area contributed by atoms with Crippen LogP contribution in [-0.4, -0.2) is 12.6 Å². The van der Waals surface area contributed by atoms with Gasteiger partial charge in [-0.25, -0.2) is 4.79 Å². The van der Waals surface area contributed by atoms with E-state index in [0.29, 0.717) is 18.6 Å². The van der Waals surface area contributed by atoms with Gasteiger partial charge in [-0.1, -0.05) is 60.7 Å². The monoisotopic (exact) mass is 306 g/mol. The Labute approximate surface area is 138 Å². The van der Waals surface area contributed by atoms with Gasteiger partial charge in [0.25, 0.3) is 0 Å². The first-order chi connectivity index (χ1) is 11.0. The van der Waals surface area contributed by atoms with Crippen molar-refractivity contribution in [2.24, 2.45) is 0 Å². The number of ether oxygens (including phenoxy) is 1. The van der Waals surface area contributed by atoms with Gasteiger partial charge < -0.3 is 4.74 Å². The minimum absolute atomic E-state index is 0.295. The van der Waals surface area contributed by atoms with Crippen LogP contribution < -0.4 is 0 Å². The molecule has 23 heavy (non-hydrogen) atoms. The third kappa shape index (κ3) is 4.68. The maximum atomic E-state index is 12.0. The number of hydrogen-bond donors (Lipinski definition) is 0. The topological polar surface area (TPSA) is 26.3 Å². The highest BCUT2D eigenvalue weighted by Gasteiger charge is 2.07. The molecule has 0 amide bonds. The molecule has 0 saturated heterocycles. The highest BCUT2D eigenvalue weighted by atomic mass is 16.5. The molecule has 0 aliphatic rings. The summed E-state index contributed by atoms with van der Waals surface area (Å²) in [6.45, 7) is 12.1. The van der Waals surface area contributed by atoms with E-state index in [9.17, 15) is 4.79 Å². The van der Waals surface area contributed by atoms with E-state index in [0.717, 1.165) is 27.8 Å². The van der Waals surface area contributed by atoms with Crippen LogP contribution in [-0.2, 0) is 11.2 Å². The SMILES string of the molecule is C=C(C)c1ccc(CCOC(=O)c2ccc(C(=C)C)cc2)cc1. The van der Waals surface area contributed by atoms with E-state index in [-0.39, 0.29) is 5.97 Å². The molecule has 0 spiro atoms. The number of esters is 1. The van der Waals surface area contributed by atoms with Gasteiger partial charge in [-0.3, -0.25) is 0 Å². The van der Waals surface area contributed by atoms with Crippen LogP contribution in [0.25, 0.3) is 11.1 Å². The van der Waals surface area contributed by atoms with Gasteiger partial charge in [-0.15, -0.1) is 0 Å². The lowest BCUT2D eigenvalue weighted by molar-refractivity contribution is 0.0509. The molecule has 2 rings (SSSR count). The average Bonchev–Trinajstić information content (AvgIpc) is 2.55. The van der Waals surface area contributed by atoms with Gasteiger partial charge >= 0.3 is 5.97 Å². The predicted octanol–water partition coefficient (Wildman–Crippen LogP) is 5.15. The predicted molar refractivity (Wildman–Crippen MR) is 96.3 cm³/mol. The van der Waals surface area contributed by atoms with Crippen LogP contribution in [0.3, 0.4) is 0 Å². The van der Waals surface area contributed by atoms with E-state index < -0.39 is 0 Å². The molecule has 0 N–H and O–H groups in total. The molecule has 2 heteroatoms. The fourth-order valence-corrected chi connectivity index (χ4v) is 2.19. The van der Waals surface area contributed by atoms with Gasteiger partial charge in [0.2, 0.25) is 0 Å². The molecule has 0 radical (unpaired) electrons. The van der Waals surface area contributed by atoms with Crippen LogP contribution in [0.1, 0.15) is 40.9 Å². The van der Waals surface area contributed by atoms with E-state index in [1.807, 2.05) is 50.2 Å². The first-order valence-electron chi connectivity index (χ1n) is 7.65. The number of hydrogen-bond acceptors (Lipinski definition) is 2. The molecular weight excluding hydrogens is 284 g/mol. The summed E-state index contributed by atoms with van der Waals surface area (Å²) in [5.74, 6) is -0.295. The third-order valence-corrected chi connectivity index (χ3v) is 3.68. The second kappa shape index (κ2) is 7.59. The van der Waals surface area contributed by atoms with Crippen molar-refractivity contribution in [1.82, 2.24) is 0 Å². The zero-order valence-electron chi connectivity index (χ0n) is 13.8. The summed E-state index contributed by atoms with van der Waals surface area (Å²) >= 11 is 0. The van der Waals surface area contributed by atoms with Crippen molar-refractivity contribution in [1.29, 1.82) is 0 Å². The van der Waals surface area contributed by atoms with Gasteiger partial charge in [-0.2, -0.15) is 0 Å². The van der Waals surface area contributed by atoms with E-state index in [1.165, 1.54) is 0 Å². The molecule has 0 aliphatic carbocycles. The minimum atomic E-state index is -0.295. The van der Waals surface area contributed by atoms with Gasteiger partial charge in [0.05, 0.1) is 12.2 Å². The lowest BCUT2D eigenvalue weighted by atomic mass is 10.1. The maximum absolute atomic E-state index is 12.0. The van der Waals surface area contributed by atoms with E-state index >= 15 is 0 Å². The Bertz CT molecular complexity index is 707. The average molecular weight is 306 g/mol. The van der Waals surface area contributed by atoms with Crippen molar-refractivity contribution in [3.05, 3.63) is 83.9 Å². The van der Waals surface area contributed by atoms with Crippen LogP contribution in [0.2, 0.25) is 0 Å². The zero-order chi connectivity index (χ0) is 16.8. The quantitative estimate of drug-likeness (QED) is 0.690. The highest BCUT2D eigenvalue weighted by Crippen LogP contribution is 2.14. The summed E-state index contributed by atoms with van der Waals surface area (Å²) in [5.41, 5.74) is 5.87.